The van der Waals surface area contributed by atoms with Crippen LogP contribution in [0.25, 0.3) is 0 Å². The van der Waals surface area contributed by atoms with Crippen molar-refractivity contribution in [1.29, 1.82) is 0 Å². The highest BCUT2D eigenvalue weighted by atomic mass is 32.2. The molecule has 0 aliphatic heterocycles. The van der Waals surface area contributed by atoms with Gasteiger partial charge in [0.05, 0.1) is 12.2 Å². The van der Waals surface area contributed by atoms with Crippen molar-refractivity contribution in [2.45, 2.75) is 56.5 Å². The summed E-state index contributed by atoms with van der Waals surface area (Å²) in [4.78, 5) is 15.1. The second-order valence-corrected chi connectivity index (χ2v) is 5.84. The topological polar surface area (TPSA) is 56.0 Å². The molecule has 1 aliphatic carbocycles. The first-order valence-corrected chi connectivity index (χ1v) is 7.21. The Morgan fingerprint density at radius 2 is 2.18 bits per heavy atom. The fourth-order valence-corrected chi connectivity index (χ4v) is 3.23. The van der Waals surface area contributed by atoms with E-state index in [1.54, 1.807) is 0 Å². The molecule has 0 amide bonds. The molecule has 0 spiro atoms. The zero-order valence-electron chi connectivity index (χ0n) is 10.1. The number of nitrogens with zero attached hydrogens (tertiary/aromatic N) is 2. The van der Waals surface area contributed by atoms with Gasteiger partial charge in [0.15, 0.2) is 5.82 Å². The molecule has 1 aromatic rings. The average molecular weight is 254 g/mol. The molecule has 1 fully saturated rings. The fraction of sp³-hybridized carbons (Fsp3) is 0.750. The first-order chi connectivity index (χ1) is 8.24. The molecule has 94 valence electrons. The number of carbonyl (C=O) groups excluding carboxylic acids is 1. The lowest BCUT2D eigenvalue weighted by molar-refractivity contribution is -0.116. The van der Waals surface area contributed by atoms with Crippen LogP contribution in [-0.4, -0.2) is 21.2 Å². The number of thioether (sulfide) groups is 1. The predicted octanol–water partition coefficient (Wildman–Crippen LogP) is 2.77. The zero-order chi connectivity index (χ0) is 12.1. The van der Waals surface area contributed by atoms with Crippen LogP contribution in [0.15, 0.2) is 4.52 Å². The second-order valence-electron chi connectivity index (χ2n) is 4.55. The van der Waals surface area contributed by atoms with Crippen molar-refractivity contribution in [2.75, 3.05) is 0 Å². The number of aromatic nitrogens is 2. The Labute approximate surface area is 106 Å². The number of ketones is 1. The molecule has 1 aromatic heterocycles. The van der Waals surface area contributed by atoms with Gasteiger partial charge in [0, 0.05) is 5.25 Å². The van der Waals surface area contributed by atoms with Crippen LogP contribution >= 0.6 is 11.8 Å². The van der Waals surface area contributed by atoms with Crippen LogP contribution in [0.5, 0.6) is 0 Å². The molecule has 0 atom stereocenters. The third-order valence-corrected chi connectivity index (χ3v) is 4.28. The van der Waals surface area contributed by atoms with Gasteiger partial charge in [0.2, 0.25) is 5.89 Å². The molecule has 1 aliphatic rings. The molecule has 2 rings (SSSR count). The Kier molecular flexibility index (Phi) is 4.59. The molecule has 5 heteroatoms. The number of Topliss-reactive ketones (excluding diaryl/α,β-unsaturated/α-hetero) is 1. The second kappa shape index (κ2) is 6.19. The Bertz CT molecular complexity index is 372. The van der Waals surface area contributed by atoms with Gasteiger partial charge >= 0.3 is 0 Å². The average Bonchev–Trinajstić information content (AvgIpc) is 2.75. The quantitative estimate of drug-likeness (QED) is 0.808. The van der Waals surface area contributed by atoms with Gasteiger partial charge in [-0.05, 0) is 19.8 Å². The summed E-state index contributed by atoms with van der Waals surface area (Å²) >= 11 is 1.91. The van der Waals surface area contributed by atoms with E-state index in [4.69, 9.17) is 4.52 Å². The number of carbonyl (C=O) groups is 1. The van der Waals surface area contributed by atoms with Crippen molar-refractivity contribution in [1.82, 2.24) is 10.1 Å². The largest absolute Gasteiger partial charge is 0.339 e. The van der Waals surface area contributed by atoms with Crippen molar-refractivity contribution in [3.63, 3.8) is 0 Å². The van der Waals surface area contributed by atoms with E-state index >= 15 is 0 Å². The highest BCUT2D eigenvalue weighted by molar-refractivity contribution is 7.99. The van der Waals surface area contributed by atoms with E-state index in [-0.39, 0.29) is 12.2 Å². The summed E-state index contributed by atoms with van der Waals surface area (Å²) < 4.78 is 5.02. The van der Waals surface area contributed by atoms with Gasteiger partial charge in [-0.1, -0.05) is 24.4 Å². The lowest BCUT2D eigenvalue weighted by Crippen LogP contribution is -2.08. The molecule has 1 heterocycles. The van der Waals surface area contributed by atoms with Crippen LogP contribution in [-0.2, 0) is 17.0 Å². The van der Waals surface area contributed by atoms with Crippen LogP contribution < -0.4 is 0 Å². The maximum absolute atomic E-state index is 10.9. The summed E-state index contributed by atoms with van der Waals surface area (Å²) in [5.74, 6) is 2.01. The van der Waals surface area contributed by atoms with Crippen LogP contribution in [0.2, 0.25) is 0 Å². The van der Waals surface area contributed by atoms with Gasteiger partial charge in [-0.3, -0.25) is 4.79 Å². The molecule has 0 N–H and O–H groups in total. The molecule has 0 aromatic carbocycles. The number of hydrogen-bond donors (Lipinski definition) is 0. The highest BCUT2D eigenvalue weighted by Gasteiger charge is 2.15. The third kappa shape index (κ3) is 4.15. The normalized spacial score (nSPS) is 17.2. The maximum Gasteiger partial charge on any atom is 0.234 e. The smallest absolute Gasteiger partial charge is 0.234 e. The van der Waals surface area contributed by atoms with E-state index in [9.17, 15) is 4.79 Å². The Morgan fingerprint density at radius 3 is 2.88 bits per heavy atom. The number of hydrogen-bond acceptors (Lipinski definition) is 5. The molecule has 17 heavy (non-hydrogen) atoms. The van der Waals surface area contributed by atoms with Crippen molar-refractivity contribution in [3.05, 3.63) is 11.7 Å². The van der Waals surface area contributed by atoms with E-state index in [1.165, 1.54) is 39.0 Å². The third-order valence-electron chi connectivity index (χ3n) is 2.91. The van der Waals surface area contributed by atoms with Gasteiger partial charge < -0.3 is 4.52 Å². The van der Waals surface area contributed by atoms with Crippen molar-refractivity contribution < 1.29 is 9.32 Å². The maximum atomic E-state index is 10.9. The minimum Gasteiger partial charge on any atom is -0.339 e. The van der Waals surface area contributed by atoms with Gasteiger partial charge in [-0.25, -0.2) is 0 Å². The van der Waals surface area contributed by atoms with Gasteiger partial charge in [0.1, 0.15) is 5.78 Å². The van der Waals surface area contributed by atoms with E-state index < -0.39 is 0 Å². The molecule has 0 bridgehead atoms. The minimum atomic E-state index is 0.0557. The molecular weight excluding hydrogens is 236 g/mol. The summed E-state index contributed by atoms with van der Waals surface area (Å²) in [6.45, 7) is 1.53. The summed E-state index contributed by atoms with van der Waals surface area (Å²) in [7, 11) is 0. The lowest BCUT2D eigenvalue weighted by Gasteiger charge is -2.19. The molecule has 0 radical (unpaired) electrons. The Balaban J connectivity index is 1.78. The van der Waals surface area contributed by atoms with E-state index in [1.807, 2.05) is 11.8 Å². The minimum absolute atomic E-state index is 0.0557. The highest BCUT2D eigenvalue weighted by Crippen LogP contribution is 2.29. The summed E-state index contributed by atoms with van der Waals surface area (Å²) in [5, 5.41) is 4.64. The van der Waals surface area contributed by atoms with Crippen molar-refractivity contribution in [2.24, 2.45) is 0 Å². The van der Waals surface area contributed by atoms with Crippen LogP contribution in [0.4, 0.5) is 0 Å². The van der Waals surface area contributed by atoms with Crippen LogP contribution in [0.1, 0.15) is 50.7 Å². The Morgan fingerprint density at radius 1 is 1.41 bits per heavy atom. The molecular formula is C12H18N2O2S. The van der Waals surface area contributed by atoms with E-state index in [2.05, 4.69) is 10.1 Å². The standard InChI is InChI=1S/C12H18N2O2S/c1-9(15)7-12-13-11(14-16-12)8-17-10-5-3-2-4-6-10/h10H,2-8H2,1H3. The summed E-state index contributed by atoms with van der Waals surface area (Å²) in [5.41, 5.74) is 0. The van der Waals surface area contributed by atoms with Crippen LogP contribution in [0.3, 0.4) is 0 Å². The molecule has 4 nitrogen and oxygen atoms in total. The fourth-order valence-electron chi connectivity index (χ4n) is 2.06. The lowest BCUT2D eigenvalue weighted by atomic mass is 10.0. The first kappa shape index (κ1) is 12.6. The SMILES string of the molecule is CC(=O)Cc1nc(CSC2CCCCC2)no1. The van der Waals surface area contributed by atoms with Crippen molar-refractivity contribution >= 4 is 17.5 Å². The zero-order valence-corrected chi connectivity index (χ0v) is 11.0. The predicted molar refractivity (Wildman–Crippen MR) is 66.9 cm³/mol. The van der Waals surface area contributed by atoms with Crippen LogP contribution in [0, 0.1) is 0 Å². The first-order valence-electron chi connectivity index (χ1n) is 6.16. The Hall–Kier alpha value is -0.840. The summed E-state index contributed by atoms with van der Waals surface area (Å²) in [6.07, 6.45) is 6.94. The van der Waals surface area contributed by atoms with E-state index in [0.29, 0.717) is 5.89 Å². The summed E-state index contributed by atoms with van der Waals surface area (Å²) in [6, 6.07) is 0. The molecule has 0 unspecified atom stereocenters. The monoisotopic (exact) mass is 254 g/mol. The van der Waals surface area contributed by atoms with Gasteiger partial charge in [-0.15, -0.1) is 0 Å². The van der Waals surface area contributed by atoms with E-state index in [0.717, 1.165) is 16.8 Å². The number of rotatable bonds is 5. The van der Waals surface area contributed by atoms with Crippen molar-refractivity contribution in [3.8, 4) is 0 Å². The van der Waals surface area contributed by atoms with Gasteiger partial charge in [0.25, 0.3) is 0 Å². The molecule has 0 saturated heterocycles. The molecule has 1 saturated carbocycles. The van der Waals surface area contributed by atoms with Gasteiger partial charge in [-0.2, -0.15) is 16.7 Å².